The van der Waals surface area contributed by atoms with Gasteiger partial charge >= 0.3 is 5.97 Å². The zero-order chi connectivity index (χ0) is 20.8. The number of aliphatic carboxylic acids is 1. The zero-order valence-electron chi connectivity index (χ0n) is 16.1. The molecule has 148 valence electrons. The van der Waals surface area contributed by atoms with Crippen LogP contribution in [0, 0.1) is 0 Å². The molecule has 0 saturated carbocycles. The van der Waals surface area contributed by atoms with Crippen LogP contribution in [0.2, 0.25) is 0 Å². The van der Waals surface area contributed by atoms with E-state index < -0.39 is 11.9 Å². The second kappa shape index (κ2) is 8.88. The maximum Gasteiger partial charge on any atom is 0.328 e. The number of likely N-dealkylation sites (N-methyl/N-ethyl adjacent to an activating group) is 1. The van der Waals surface area contributed by atoms with Crippen molar-refractivity contribution >= 4 is 11.9 Å². The summed E-state index contributed by atoms with van der Waals surface area (Å²) in [5, 5.41) is 13.4. The predicted molar refractivity (Wildman–Crippen MR) is 109 cm³/mol. The van der Waals surface area contributed by atoms with E-state index in [1.807, 2.05) is 60.8 Å². The number of benzene rings is 2. The highest BCUT2D eigenvalue weighted by atomic mass is 16.5. The molecule has 0 aliphatic carbocycles. The van der Waals surface area contributed by atoms with Crippen LogP contribution in [0.3, 0.4) is 0 Å². The van der Waals surface area contributed by atoms with Gasteiger partial charge in [0.25, 0.3) is 0 Å². The van der Waals surface area contributed by atoms with Gasteiger partial charge in [0.1, 0.15) is 5.75 Å². The van der Waals surface area contributed by atoms with Crippen molar-refractivity contribution in [1.29, 1.82) is 0 Å². The molecule has 0 aliphatic rings. The van der Waals surface area contributed by atoms with E-state index in [-0.39, 0.29) is 6.54 Å². The number of carbonyl (C=O) groups excluding carboxylic acids is 1. The van der Waals surface area contributed by atoms with Crippen LogP contribution in [0.4, 0.5) is 0 Å². The Kier molecular flexibility index (Phi) is 6.09. The number of para-hydroxylation sites is 1. The highest BCUT2D eigenvalue weighted by Gasteiger charge is 2.16. The van der Waals surface area contributed by atoms with Gasteiger partial charge in [-0.05, 0) is 24.3 Å². The fourth-order valence-electron chi connectivity index (χ4n) is 2.86. The monoisotopic (exact) mass is 391 g/mol. The number of hydrogen-bond acceptors (Lipinski definition) is 4. The van der Waals surface area contributed by atoms with Gasteiger partial charge in [-0.15, -0.1) is 0 Å². The van der Waals surface area contributed by atoms with Gasteiger partial charge in [-0.25, -0.2) is 9.48 Å². The third-order valence-electron chi connectivity index (χ3n) is 4.31. The molecule has 2 aromatic carbocycles. The number of carboxylic acids is 1. The van der Waals surface area contributed by atoms with Crippen LogP contribution in [-0.4, -0.2) is 45.8 Å². The quantitative estimate of drug-likeness (QED) is 0.626. The summed E-state index contributed by atoms with van der Waals surface area (Å²) in [6, 6.07) is 17.2. The van der Waals surface area contributed by atoms with E-state index in [0.29, 0.717) is 5.75 Å². The lowest BCUT2D eigenvalue weighted by atomic mass is 10.1. The molecule has 1 N–H and O–H groups in total. The molecular weight excluding hydrogens is 370 g/mol. The maximum absolute atomic E-state index is 12.2. The van der Waals surface area contributed by atoms with Crippen LogP contribution in [0.15, 0.2) is 72.9 Å². The number of amides is 1. The van der Waals surface area contributed by atoms with Gasteiger partial charge in [-0.3, -0.25) is 4.79 Å². The third kappa shape index (κ3) is 4.90. The number of carboxylic acid groups (broad SMARTS) is 1. The van der Waals surface area contributed by atoms with Gasteiger partial charge in [0.05, 0.1) is 18.5 Å². The number of ether oxygens (including phenoxy) is 1. The molecule has 0 radical (unpaired) electrons. The summed E-state index contributed by atoms with van der Waals surface area (Å²) in [5.41, 5.74) is 3.29. The molecular formula is C22H21N3O4. The van der Waals surface area contributed by atoms with E-state index in [9.17, 15) is 9.59 Å². The van der Waals surface area contributed by atoms with Crippen LogP contribution >= 0.6 is 0 Å². The van der Waals surface area contributed by atoms with Crippen molar-refractivity contribution in [3.8, 4) is 22.7 Å². The maximum atomic E-state index is 12.2. The van der Waals surface area contributed by atoms with Crippen molar-refractivity contribution in [3.05, 3.63) is 78.5 Å². The van der Waals surface area contributed by atoms with Gasteiger partial charge in [0.15, 0.2) is 0 Å². The first-order chi connectivity index (χ1) is 14.0. The summed E-state index contributed by atoms with van der Waals surface area (Å²) in [6.07, 6.45) is 3.74. The molecule has 0 aliphatic heterocycles. The minimum Gasteiger partial charge on any atom is -0.497 e. The van der Waals surface area contributed by atoms with Crippen molar-refractivity contribution in [3.63, 3.8) is 0 Å². The topological polar surface area (TPSA) is 84.7 Å². The van der Waals surface area contributed by atoms with Gasteiger partial charge in [-0.2, -0.15) is 5.10 Å². The van der Waals surface area contributed by atoms with Crippen molar-refractivity contribution in [2.24, 2.45) is 0 Å². The summed E-state index contributed by atoms with van der Waals surface area (Å²) in [7, 11) is 3.22. The normalized spacial score (nSPS) is 10.8. The standard InChI is InChI=1S/C22H21N3O4/c1-24(20(26)11-12-21(27)28)14-17-15-25(18-8-4-3-5-9-18)23-22(17)16-7-6-10-19(13-16)29-2/h3-13,15H,14H2,1-2H3,(H,27,28). The number of hydrogen-bond donors (Lipinski definition) is 1. The molecule has 0 unspecified atom stereocenters. The van der Waals surface area contributed by atoms with E-state index in [1.165, 1.54) is 4.90 Å². The van der Waals surface area contributed by atoms with E-state index in [4.69, 9.17) is 14.9 Å². The Morgan fingerprint density at radius 1 is 1.14 bits per heavy atom. The molecule has 1 aromatic heterocycles. The van der Waals surface area contributed by atoms with Crippen LogP contribution in [0.5, 0.6) is 5.75 Å². The minimum atomic E-state index is -1.17. The van der Waals surface area contributed by atoms with Crippen molar-refractivity contribution < 1.29 is 19.4 Å². The second-order valence-corrected chi connectivity index (χ2v) is 6.38. The molecule has 1 heterocycles. The van der Waals surface area contributed by atoms with Crippen molar-refractivity contribution in [2.75, 3.05) is 14.2 Å². The Balaban J connectivity index is 1.98. The molecule has 0 spiro atoms. The number of nitrogens with zero attached hydrogens (tertiary/aromatic N) is 3. The Hall–Kier alpha value is -3.87. The Labute approximate surface area is 168 Å². The number of carbonyl (C=O) groups is 2. The Bertz CT molecular complexity index is 1040. The van der Waals surface area contributed by atoms with E-state index in [1.54, 1.807) is 18.8 Å². The van der Waals surface area contributed by atoms with Gasteiger partial charge in [0, 0.05) is 43.1 Å². The van der Waals surface area contributed by atoms with Crippen molar-refractivity contribution in [1.82, 2.24) is 14.7 Å². The average Bonchev–Trinajstić information content (AvgIpc) is 3.16. The van der Waals surface area contributed by atoms with Crippen LogP contribution in [-0.2, 0) is 16.1 Å². The lowest BCUT2D eigenvalue weighted by Gasteiger charge is -2.15. The molecule has 1 amide bonds. The number of aromatic nitrogens is 2. The van der Waals surface area contributed by atoms with Crippen molar-refractivity contribution in [2.45, 2.75) is 6.54 Å². The summed E-state index contributed by atoms with van der Waals surface area (Å²) < 4.78 is 7.08. The molecule has 7 nitrogen and oxygen atoms in total. The van der Waals surface area contributed by atoms with Gasteiger partial charge in [-0.1, -0.05) is 30.3 Å². The SMILES string of the molecule is COc1cccc(-c2nn(-c3ccccc3)cc2CN(C)C(=O)C=CC(=O)O)c1. The van der Waals surface area contributed by atoms with Gasteiger partial charge < -0.3 is 14.7 Å². The number of methoxy groups -OCH3 is 1. The van der Waals surface area contributed by atoms with Crippen LogP contribution in [0.1, 0.15) is 5.56 Å². The molecule has 0 saturated heterocycles. The van der Waals surface area contributed by atoms with Gasteiger partial charge in [0.2, 0.25) is 5.91 Å². The van der Waals surface area contributed by atoms with E-state index >= 15 is 0 Å². The zero-order valence-corrected chi connectivity index (χ0v) is 16.1. The first kappa shape index (κ1) is 19.9. The summed E-state index contributed by atoms with van der Waals surface area (Å²) >= 11 is 0. The lowest BCUT2D eigenvalue weighted by Crippen LogP contribution is -2.24. The smallest absolute Gasteiger partial charge is 0.328 e. The first-order valence-corrected chi connectivity index (χ1v) is 8.92. The second-order valence-electron chi connectivity index (χ2n) is 6.38. The molecule has 0 fully saturated rings. The third-order valence-corrected chi connectivity index (χ3v) is 4.31. The predicted octanol–water partition coefficient (Wildman–Crippen LogP) is 3.15. The fourth-order valence-corrected chi connectivity index (χ4v) is 2.86. The van der Waals surface area contributed by atoms with E-state index in [0.717, 1.165) is 34.7 Å². The first-order valence-electron chi connectivity index (χ1n) is 8.92. The van der Waals surface area contributed by atoms with Crippen LogP contribution in [0.25, 0.3) is 16.9 Å². The summed E-state index contributed by atoms with van der Waals surface area (Å²) in [5.74, 6) is -0.867. The van der Waals surface area contributed by atoms with E-state index in [2.05, 4.69) is 0 Å². The number of rotatable bonds is 7. The molecule has 0 bridgehead atoms. The molecule has 0 atom stereocenters. The largest absolute Gasteiger partial charge is 0.497 e. The summed E-state index contributed by atoms with van der Waals surface area (Å²) in [4.78, 5) is 24.3. The highest BCUT2D eigenvalue weighted by molar-refractivity contribution is 5.93. The molecule has 7 heteroatoms. The minimum absolute atomic E-state index is 0.266. The Morgan fingerprint density at radius 2 is 1.90 bits per heavy atom. The molecule has 3 aromatic rings. The molecule has 29 heavy (non-hydrogen) atoms. The fraction of sp³-hybridized carbons (Fsp3) is 0.136. The highest BCUT2D eigenvalue weighted by Crippen LogP contribution is 2.27. The lowest BCUT2D eigenvalue weighted by molar-refractivity contribution is -0.132. The summed E-state index contributed by atoms with van der Waals surface area (Å²) in [6.45, 7) is 0.266. The Morgan fingerprint density at radius 3 is 2.59 bits per heavy atom. The van der Waals surface area contributed by atoms with Crippen LogP contribution < -0.4 is 4.74 Å². The average molecular weight is 391 g/mol. The molecule has 3 rings (SSSR count).